The Balaban J connectivity index is 2.81. The van der Waals surface area contributed by atoms with E-state index in [-0.39, 0.29) is 5.84 Å². The molecular formula is C12H15N3O3. The molecule has 0 aliphatic carbocycles. The van der Waals surface area contributed by atoms with Crippen LogP contribution in [-0.2, 0) is 9.63 Å². The molecule has 0 fully saturated rings. The average Bonchev–Trinajstić information content (AvgIpc) is 2.40. The maximum atomic E-state index is 11.9. The molecule has 6 nitrogen and oxygen atoms in total. The summed E-state index contributed by atoms with van der Waals surface area (Å²) in [7, 11) is 1.30. The van der Waals surface area contributed by atoms with Crippen LogP contribution in [0.1, 0.15) is 6.92 Å². The summed E-state index contributed by atoms with van der Waals surface area (Å²) in [5.41, 5.74) is 0.736. The van der Waals surface area contributed by atoms with Crippen LogP contribution in [-0.4, -0.2) is 31.8 Å². The lowest BCUT2D eigenvalue weighted by molar-refractivity contribution is -0.103. The van der Waals surface area contributed by atoms with E-state index >= 15 is 0 Å². The van der Waals surface area contributed by atoms with Crippen LogP contribution in [0, 0.1) is 0 Å². The number of para-hydroxylation sites is 1. The van der Waals surface area contributed by atoms with Gasteiger partial charge in [-0.1, -0.05) is 23.4 Å². The number of benzene rings is 1. The summed E-state index contributed by atoms with van der Waals surface area (Å²) in [5, 5.41) is 5.74. The lowest BCUT2D eigenvalue weighted by Crippen LogP contribution is -2.43. The molecule has 0 atom stereocenters. The van der Waals surface area contributed by atoms with Crippen molar-refractivity contribution in [3.8, 4) is 0 Å². The lowest BCUT2D eigenvalue weighted by atomic mass is 10.3. The Bertz CT molecular complexity index is 431. The second-order valence-corrected chi connectivity index (χ2v) is 3.29. The minimum atomic E-state index is -0.438. The molecule has 96 valence electrons. The molecule has 18 heavy (non-hydrogen) atoms. The van der Waals surface area contributed by atoms with Gasteiger partial charge in [0.05, 0.1) is 0 Å². The van der Waals surface area contributed by atoms with Crippen molar-refractivity contribution in [2.75, 3.05) is 18.6 Å². The SMILES string of the molecule is CCN(C(=O)NC(C=O)=NOC)c1ccccc1. The quantitative estimate of drug-likeness (QED) is 0.379. The highest BCUT2D eigenvalue weighted by atomic mass is 16.6. The topological polar surface area (TPSA) is 71.0 Å². The van der Waals surface area contributed by atoms with Crippen molar-refractivity contribution in [2.45, 2.75) is 6.92 Å². The number of hydrogen-bond acceptors (Lipinski definition) is 4. The Morgan fingerprint density at radius 1 is 1.44 bits per heavy atom. The predicted octanol–water partition coefficient (Wildman–Crippen LogP) is 1.38. The highest BCUT2D eigenvalue weighted by Gasteiger charge is 2.15. The van der Waals surface area contributed by atoms with Gasteiger partial charge in [-0.15, -0.1) is 0 Å². The van der Waals surface area contributed by atoms with Crippen LogP contribution in [0.4, 0.5) is 10.5 Å². The van der Waals surface area contributed by atoms with Gasteiger partial charge in [0.15, 0.2) is 6.29 Å². The van der Waals surface area contributed by atoms with Crippen LogP contribution in [0.5, 0.6) is 0 Å². The summed E-state index contributed by atoms with van der Waals surface area (Å²) in [4.78, 5) is 28.5. The predicted molar refractivity (Wildman–Crippen MR) is 68.5 cm³/mol. The number of oxime groups is 1. The number of amides is 2. The van der Waals surface area contributed by atoms with E-state index in [9.17, 15) is 9.59 Å². The van der Waals surface area contributed by atoms with Crippen molar-refractivity contribution < 1.29 is 14.4 Å². The van der Waals surface area contributed by atoms with Crippen LogP contribution < -0.4 is 10.2 Å². The van der Waals surface area contributed by atoms with Gasteiger partial charge >= 0.3 is 6.03 Å². The van der Waals surface area contributed by atoms with Crippen LogP contribution in [0.3, 0.4) is 0 Å². The van der Waals surface area contributed by atoms with Gasteiger partial charge in [-0.2, -0.15) is 0 Å². The Hall–Kier alpha value is -2.37. The summed E-state index contributed by atoms with van der Waals surface area (Å²) in [6.07, 6.45) is 0.417. The third-order valence-corrected chi connectivity index (χ3v) is 2.17. The van der Waals surface area contributed by atoms with Crippen molar-refractivity contribution in [2.24, 2.45) is 5.16 Å². The van der Waals surface area contributed by atoms with Crippen molar-refractivity contribution in [3.63, 3.8) is 0 Å². The van der Waals surface area contributed by atoms with Gasteiger partial charge in [-0.05, 0) is 19.1 Å². The van der Waals surface area contributed by atoms with Crippen molar-refractivity contribution in [1.82, 2.24) is 5.32 Å². The van der Waals surface area contributed by atoms with Crippen molar-refractivity contribution >= 4 is 23.8 Å². The average molecular weight is 249 g/mol. The summed E-state index contributed by atoms with van der Waals surface area (Å²) in [6, 6.07) is 8.68. The van der Waals surface area contributed by atoms with E-state index in [1.807, 2.05) is 25.1 Å². The van der Waals surface area contributed by atoms with Crippen LogP contribution in [0.15, 0.2) is 35.5 Å². The standard InChI is InChI=1S/C12H15N3O3/c1-3-15(10-7-5-4-6-8-10)12(17)13-11(9-16)14-18-2/h4-9H,3H2,1-2H3,(H,13,14,17). The molecule has 0 unspecified atom stereocenters. The molecule has 0 saturated carbocycles. The fourth-order valence-corrected chi connectivity index (χ4v) is 1.40. The Kier molecular flexibility index (Phi) is 5.37. The van der Waals surface area contributed by atoms with Gasteiger partial charge in [0.25, 0.3) is 0 Å². The maximum Gasteiger partial charge on any atom is 0.327 e. The zero-order valence-electron chi connectivity index (χ0n) is 10.3. The van der Waals surface area contributed by atoms with E-state index in [0.29, 0.717) is 12.8 Å². The number of urea groups is 1. The number of nitrogens with one attached hydrogen (secondary N) is 1. The molecule has 2 amide bonds. The van der Waals surface area contributed by atoms with E-state index in [0.717, 1.165) is 5.69 Å². The molecule has 0 radical (unpaired) electrons. The van der Waals surface area contributed by atoms with Gasteiger partial charge in [-0.25, -0.2) is 4.79 Å². The van der Waals surface area contributed by atoms with Crippen molar-refractivity contribution in [1.29, 1.82) is 0 Å². The number of carbonyl (C=O) groups excluding carboxylic acids is 2. The van der Waals surface area contributed by atoms with E-state index in [2.05, 4.69) is 15.3 Å². The third-order valence-electron chi connectivity index (χ3n) is 2.17. The van der Waals surface area contributed by atoms with E-state index < -0.39 is 6.03 Å². The lowest BCUT2D eigenvalue weighted by Gasteiger charge is -2.20. The van der Waals surface area contributed by atoms with E-state index in [1.165, 1.54) is 12.0 Å². The van der Waals surface area contributed by atoms with E-state index in [4.69, 9.17) is 0 Å². The van der Waals surface area contributed by atoms with Gasteiger partial charge in [0.1, 0.15) is 7.11 Å². The first-order chi connectivity index (χ1) is 8.72. The van der Waals surface area contributed by atoms with Crippen LogP contribution >= 0.6 is 0 Å². The first kappa shape index (κ1) is 13.7. The molecule has 0 heterocycles. The number of rotatable bonds is 4. The highest BCUT2D eigenvalue weighted by Crippen LogP contribution is 2.12. The first-order valence-corrected chi connectivity index (χ1v) is 5.42. The molecule has 0 saturated heterocycles. The fourth-order valence-electron chi connectivity index (χ4n) is 1.40. The number of carbonyl (C=O) groups is 2. The molecule has 1 aromatic carbocycles. The maximum absolute atomic E-state index is 11.9. The summed E-state index contributed by atoms with van der Waals surface area (Å²) >= 11 is 0. The second kappa shape index (κ2) is 7.05. The second-order valence-electron chi connectivity index (χ2n) is 3.29. The smallest absolute Gasteiger partial charge is 0.327 e. The fraction of sp³-hybridized carbons (Fsp3) is 0.250. The number of anilines is 1. The van der Waals surface area contributed by atoms with Crippen LogP contribution in [0.2, 0.25) is 0 Å². The number of aldehydes is 1. The molecule has 0 aliphatic rings. The number of hydrogen-bond donors (Lipinski definition) is 1. The van der Waals surface area contributed by atoms with Gasteiger partial charge in [-0.3, -0.25) is 15.0 Å². The minimum Gasteiger partial charge on any atom is -0.397 e. The summed E-state index contributed by atoms with van der Waals surface area (Å²) in [5.74, 6) is -0.170. The molecular weight excluding hydrogens is 234 g/mol. The molecule has 1 rings (SSSR count). The zero-order valence-corrected chi connectivity index (χ0v) is 10.3. The number of amidine groups is 1. The van der Waals surface area contributed by atoms with E-state index in [1.54, 1.807) is 12.1 Å². The Labute approximate surface area is 105 Å². The van der Waals surface area contributed by atoms with Crippen LogP contribution in [0.25, 0.3) is 0 Å². The normalized spacial score (nSPS) is 10.7. The van der Waals surface area contributed by atoms with Crippen molar-refractivity contribution in [3.05, 3.63) is 30.3 Å². The number of nitrogens with zero attached hydrogens (tertiary/aromatic N) is 2. The van der Waals surface area contributed by atoms with Gasteiger partial charge in [0, 0.05) is 12.2 Å². The third kappa shape index (κ3) is 3.58. The molecule has 0 bridgehead atoms. The summed E-state index contributed by atoms with van der Waals surface area (Å²) < 4.78 is 0. The summed E-state index contributed by atoms with van der Waals surface area (Å²) in [6.45, 7) is 2.30. The monoisotopic (exact) mass is 249 g/mol. The molecule has 6 heteroatoms. The van der Waals surface area contributed by atoms with Gasteiger partial charge < -0.3 is 4.84 Å². The Morgan fingerprint density at radius 3 is 2.61 bits per heavy atom. The zero-order chi connectivity index (χ0) is 13.4. The first-order valence-electron chi connectivity index (χ1n) is 5.42. The highest BCUT2D eigenvalue weighted by molar-refractivity contribution is 6.31. The minimum absolute atomic E-state index is 0.170. The molecule has 1 N–H and O–H groups in total. The van der Waals surface area contributed by atoms with Gasteiger partial charge in [0.2, 0.25) is 5.84 Å². The molecule has 0 aliphatic heterocycles. The molecule has 1 aromatic rings. The largest absolute Gasteiger partial charge is 0.397 e. The molecule has 0 spiro atoms. The Morgan fingerprint density at radius 2 is 2.11 bits per heavy atom. The molecule has 0 aromatic heterocycles.